The number of hydrogen-bond donors (Lipinski definition) is 0. The lowest BCUT2D eigenvalue weighted by atomic mass is 10.2. The summed E-state index contributed by atoms with van der Waals surface area (Å²) in [6.45, 7) is 0. The Bertz CT molecular complexity index is 409. The van der Waals surface area contributed by atoms with Crippen LogP contribution in [0, 0.1) is 0 Å². The lowest BCUT2D eigenvalue weighted by Crippen LogP contribution is -2.26. The maximum atomic E-state index is 11.9. The van der Waals surface area contributed by atoms with Crippen molar-refractivity contribution in [3.8, 4) is 0 Å². The normalized spacial score (nSPS) is 12.7. The summed E-state index contributed by atoms with van der Waals surface area (Å²) in [6, 6.07) is 8.19. The third-order valence-electron chi connectivity index (χ3n) is 1.85. The van der Waals surface area contributed by atoms with Crippen LogP contribution in [0.3, 0.4) is 0 Å². The molecule has 0 aromatic heterocycles. The minimum absolute atomic E-state index is 0.122. The summed E-state index contributed by atoms with van der Waals surface area (Å²) in [5, 5.41) is 0. The fraction of sp³-hybridized carbons (Fsp3) is 0.333. The van der Waals surface area contributed by atoms with Crippen molar-refractivity contribution >= 4 is 9.84 Å². The molecule has 84 valence electrons. The van der Waals surface area contributed by atoms with E-state index in [1.54, 1.807) is 30.3 Å². The van der Waals surface area contributed by atoms with Crippen molar-refractivity contribution in [1.29, 1.82) is 0 Å². The second-order valence-electron chi connectivity index (χ2n) is 3.00. The fourth-order valence-corrected chi connectivity index (χ4v) is 1.75. The summed E-state index contributed by atoms with van der Waals surface area (Å²) in [5.41, 5.74) is -4.58. The van der Waals surface area contributed by atoms with E-state index in [-0.39, 0.29) is 6.42 Å². The van der Waals surface area contributed by atoms with Crippen LogP contribution >= 0.6 is 0 Å². The average Bonchev–Trinajstić information content (AvgIpc) is 2.15. The Hall–Kier alpha value is -1.04. The molecule has 0 saturated heterocycles. The average molecular weight is 238 g/mol. The molecule has 0 aliphatic rings. The molecule has 0 aliphatic heterocycles. The molecule has 0 saturated carbocycles. The van der Waals surface area contributed by atoms with E-state index in [0.717, 1.165) is 0 Å². The molecular formula is C9H9F3O2S. The van der Waals surface area contributed by atoms with Gasteiger partial charge in [0.05, 0.1) is 5.75 Å². The number of benzene rings is 1. The maximum absolute atomic E-state index is 11.9. The quantitative estimate of drug-likeness (QED) is 0.808. The first-order chi connectivity index (χ1) is 6.83. The number of rotatable bonds is 3. The van der Waals surface area contributed by atoms with Crippen LogP contribution in [-0.4, -0.2) is 19.7 Å². The molecule has 1 rings (SSSR count). The maximum Gasteiger partial charge on any atom is 0.497 e. The van der Waals surface area contributed by atoms with Crippen LogP contribution < -0.4 is 0 Å². The van der Waals surface area contributed by atoms with E-state index < -0.39 is 21.1 Å². The summed E-state index contributed by atoms with van der Waals surface area (Å²) in [5.74, 6) is -0.902. The van der Waals surface area contributed by atoms with Gasteiger partial charge in [0.15, 0.2) is 0 Å². The van der Waals surface area contributed by atoms with E-state index in [9.17, 15) is 21.6 Å². The molecule has 0 heterocycles. The summed E-state index contributed by atoms with van der Waals surface area (Å²) in [6.07, 6.45) is -0.122. The molecule has 2 nitrogen and oxygen atoms in total. The molecule has 1 aromatic carbocycles. The first-order valence-electron chi connectivity index (χ1n) is 4.16. The number of aryl methyl sites for hydroxylation is 1. The second kappa shape index (κ2) is 4.22. The number of hydrogen-bond acceptors (Lipinski definition) is 2. The van der Waals surface area contributed by atoms with E-state index in [2.05, 4.69) is 0 Å². The van der Waals surface area contributed by atoms with Gasteiger partial charge in [-0.25, -0.2) is 8.42 Å². The van der Waals surface area contributed by atoms with Crippen molar-refractivity contribution in [3.63, 3.8) is 0 Å². The van der Waals surface area contributed by atoms with Gasteiger partial charge in [-0.2, -0.15) is 13.2 Å². The highest BCUT2D eigenvalue weighted by Crippen LogP contribution is 2.24. The lowest BCUT2D eigenvalue weighted by molar-refractivity contribution is -0.0435. The topological polar surface area (TPSA) is 34.1 Å². The fourth-order valence-electron chi connectivity index (χ4n) is 1.01. The van der Waals surface area contributed by atoms with Crippen molar-refractivity contribution in [2.75, 3.05) is 5.75 Å². The van der Waals surface area contributed by atoms with Gasteiger partial charge in [-0.15, -0.1) is 0 Å². The second-order valence-corrected chi connectivity index (χ2v) is 5.10. The minimum atomic E-state index is -5.15. The zero-order valence-electron chi connectivity index (χ0n) is 7.66. The molecule has 0 spiro atoms. The Morgan fingerprint density at radius 2 is 1.60 bits per heavy atom. The van der Waals surface area contributed by atoms with E-state index in [0.29, 0.717) is 5.56 Å². The molecule has 0 radical (unpaired) electrons. The van der Waals surface area contributed by atoms with E-state index in [4.69, 9.17) is 0 Å². The number of halogens is 3. The predicted octanol–water partition coefficient (Wildman–Crippen LogP) is 2.16. The summed E-state index contributed by atoms with van der Waals surface area (Å²) in [4.78, 5) is 0. The third-order valence-corrected chi connectivity index (χ3v) is 3.30. The van der Waals surface area contributed by atoms with Crippen LogP contribution in [-0.2, 0) is 16.3 Å². The van der Waals surface area contributed by atoms with Gasteiger partial charge in [0, 0.05) is 0 Å². The molecule has 0 unspecified atom stereocenters. The molecule has 0 fully saturated rings. The molecule has 15 heavy (non-hydrogen) atoms. The first-order valence-corrected chi connectivity index (χ1v) is 5.81. The van der Waals surface area contributed by atoms with E-state index in [1.165, 1.54) is 0 Å². The summed E-state index contributed by atoms with van der Waals surface area (Å²) >= 11 is 0. The zero-order valence-corrected chi connectivity index (χ0v) is 8.48. The van der Waals surface area contributed by atoms with Crippen LogP contribution in [0.2, 0.25) is 0 Å². The number of alkyl halides is 3. The van der Waals surface area contributed by atoms with Crippen molar-refractivity contribution in [3.05, 3.63) is 35.9 Å². The van der Waals surface area contributed by atoms with Crippen LogP contribution in [0.1, 0.15) is 5.56 Å². The van der Waals surface area contributed by atoms with Gasteiger partial charge < -0.3 is 0 Å². The van der Waals surface area contributed by atoms with E-state index >= 15 is 0 Å². The zero-order chi connectivity index (χ0) is 11.5. The number of sulfone groups is 1. The third kappa shape index (κ3) is 3.23. The predicted molar refractivity (Wildman–Crippen MR) is 50.0 cm³/mol. The monoisotopic (exact) mass is 238 g/mol. The highest BCUT2D eigenvalue weighted by atomic mass is 32.2. The molecular weight excluding hydrogens is 229 g/mol. The van der Waals surface area contributed by atoms with Gasteiger partial charge >= 0.3 is 5.51 Å². The molecule has 0 aliphatic carbocycles. The van der Waals surface area contributed by atoms with Gasteiger partial charge in [0.2, 0.25) is 9.84 Å². The Labute approximate surface area is 85.6 Å². The molecule has 0 atom stereocenters. The Morgan fingerprint density at radius 3 is 2.07 bits per heavy atom. The van der Waals surface area contributed by atoms with Crippen molar-refractivity contribution in [1.82, 2.24) is 0 Å². The van der Waals surface area contributed by atoms with Gasteiger partial charge in [-0.1, -0.05) is 30.3 Å². The minimum Gasteiger partial charge on any atom is -0.220 e. The van der Waals surface area contributed by atoms with Crippen LogP contribution in [0.4, 0.5) is 13.2 Å². The standard InChI is InChI=1S/C9H9F3O2S/c10-9(11,12)15(13,14)7-6-8-4-2-1-3-5-8/h1-5H,6-7H2. The van der Waals surface area contributed by atoms with Gasteiger partial charge in [-0.05, 0) is 12.0 Å². The first kappa shape index (κ1) is 12.0. The smallest absolute Gasteiger partial charge is 0.220 e. The largest absolute Gasteiger partial charge is 0.497 e. The summed E-state index contributed by atoms with van der Waals surface area (Å²) in [7, 11) is -5.00. The SMILES string of the molecule is O=S(=O)(CCc1ccccc1)C(F)(F)F. The lowest BCUT2D eigenvalue weighted by Gasteiger charge is -2.07. The van der Waals surface area contributed by atoms with Crippen LogP contribution in [0.5, 0.6) is 0 Å². The molecule has 1 aromatic rings. The van der Waals surface area contributed by atoms with Gasteiger partial charge in [0.25, 0.3) is 0 Å². The van der Waals surface area contributed by atoms with E-state index in [1.807, 2.05) is 0 Å². The molecule has 0 amide bonds. The molecule has 0 bridgehead atoms. The van der Waals surface area contributed by atoms with Crippen LogP contribution in [0.15, 0.2) is 30.3 Å². The highest BCUT2D eigenvalue weighted by Gasteiger charge is 2.44. The van der Waals surface area contributed by atoms with Crippen molar-refractivity contribution < 1.29 is 21.6 Å². The Morgan fingerprint density at radius 1 is 1.07 bits per heavy atom. The van der Waals surface area contributed by atoms with Gasteiger partial charge in [-0.3, -0.25) is 0 Å². The highest BCUT2D eigenvalue weighted by molar-refractivity contribution is 7.92. The Kier molecular flexibility index (Phi) is 3.38. The van der Waals surface area contributed by atoms with Crippen molar-refractivity contribution in [2.45, 2.75) is 11.9 Å². The molecule has 0 N–H and O–H groups in total. The van der Waals surface area contributed by atoms with Crippen LogP contribution in [0.25, 0.3) is 0 Å². The summed E-state index contributed by atoms with van der Waals surface area (Å²) < 4.78 is 57.2. The van der Waals surface area contributed by atoms with Gasteiger partial charge in [0.1, 0.15) is 0 Å². The molecule has 6 heteroatoms. The Balaban J connectivity index is 2.67. The van der Waals surface area contributed by atoms with Crippen molar-refractivity contribution in [2.24, 2.45) is 0 Å².